The van der Waals surface area contributed by atoms with Crippen LogP contribution in [0.4, 0.5) is 0 Å². The first kappa shape index (κ1) is 24.5. The molecule has 198 valence electrons. The van der Waals surface area contributed by atoms with Crippen LogP contribution in [0.25, 0.3) is 22.3 Å². The summed E-state index contributed by atoms with van der Waals surface area (Å²) in [4.78, 5) is 46.2. The van der Waals surface area contributed by atoms with Gasteiger partial charge in [-0.2, -0.15) is 0 Å². The van der Waals surface area contributed by atoms with E-state index in [0.29, 0.717) is 55.2 Å². The number of amides is 1. The van der Waals surface area contributed by atoms with Gasteiger partial charge in [-0.25, -0.2) is 9.78 Å². The number of rotatable bonds is 4. The van der Waals surface area contributed by atoms with E-state index in [9.17, 15) is 24.6 Å². The number of phenolic OH excluding ortho intramolecular Hbond substituents is 1. The molecule has 3 aliphatic heterocycles. The zero-order valence-electron chi connectivity index (χ0n) is 20.9. The SMILES string of the molecule is CCC1(O)C(=O)OCc2c1cc1n(c2=O)Cc2cc3c(CN4CCN(C(=O)CO)CC4)c(O)ccc3nc2-1. The lowest BCUT2D eigenvalue weighted by Gasteiger charge is -2.34. The van der Waals surface area contributed by atoms with Crippen molar-refractivity contribution in [1.82, 2.24) is 19.4 Å². The number of carbonyl (C=O) groups is 2. The van der Waals surface area contributed by atoms with Gasteiger partial charge in [0.25, 0.3) is 5.56 Å². The summed E-state index contributed by atoms with van der Waals surface area (Å²) >= 11 is 0. The van der Waals surface area contributed by atoms with E-state index in [1.807, 2.05) is 6.07 Å². The Balaban J connectivity index is 1.38. The average Bonchev–Trinajstić information content (AvgIpc) is 3.29. The zero-order valence-corrected chi connectivity index (χ0v) is 20.9. The second-order valence-electron chi connectivity index (χ2n) is 10.0. The van der Waals surface area contributed by atoms with Crippen molar-refractivity contribution in [3.05, 3.63) is 56.9 Å². The highest BCUT2D eigenvalue weighted by molar-refractivity contribution is 5.89. The molecule has 0 saturated carbocycles. The van der Waals surface area contributed by atoms with Gasteiger partial charge in [-0.15, -0.1) is 0 Å². The van der Waals surface area contributed by atoms with Gasteiger partial charge in [-0.05, 0) is 30.7 Å². The average molecular weight is 521 g/mol. The van der Waals surface area contributed by atoms with E-state index in [0.717, 1.165) is 10.9 Å². The minimum Gasteiger partial charge on any atom is -0.508 e. The number of benzene rings is 1. The highest BCUT2D eigenvalue weighted by Crippen LogP contribution is 2.39. The fourth-order valence-electron chi connectivity index (χ4n) is 5.74. The number of phenols is 1. The topological polar surface area (TPSA) is 145 Å². The molecule has 1 fully saturated rings. The summed E-state index contributed by atoms with van der Waals surface area (Å²) in [6.07, 6.45) is 0.0742. The molecule has 0 radical (unpaired) electrons. The number of esters is 1. The van der Waals surface area contributed by atoms with Crippen molar-refractivity contribution in [2.75, 3.05) is 32.8 Å². The molecule has 0 aliphatic carbocycles. The quantitative estimate of drug-likeness (QED) is 0.326. The van der Waals surface area contributed by atoms with Crippen molar-refractivity contribution < 1.29 is 29.6 Å². The van der Waals surface area contributed by atoms with E-state index >= 15 is 0 Å². The molecule has 1 atom stereocenters. The summed E-state index contributed by atoms with van der Waals surface area (Å²) in [5, 5.41) is 31.7. The molecule has 1 amide bonds. The van der Waals surface area contributed by atoms with E-state index in [4.69, 9.17) is 14.8 Å². The molecular formula is C27H28N4O7. The van der Waals surface area contributed by atoms with Crippen LogP contribution in [0.5, 0.6) is 5.75 Å². The molecule has 2 aromatic heterocycles. The molecule has 38 heavy (non-hydrogen) atoms. The maximum absolute atomic E-state index is 13.4. The number of hydrogen-bond donors (Lipinski definition) is 3. The summed E-state index contributed by atoms with van der Waals surface area (Å²) < 4.78 is 6.72. The number of aliphatic hydroxyl groups excluding tert-OH is 1. The Kier molecular flexibility index (Phi) is 5.74. The van der Waals surface area contributed by atoms with E-state index in [2.05, 4.69) is 4.90 Å². The number of carbonyl (C=O) groups excluding carboxylic acids is 2. The Hall–Kier alpha value is -3.80. The summed E-state index contributed by atoms with van der Waals surface area (Å²) in [6, 6.07) is 6.95. The third kappa shape index (κ3) is 3.61. The molecular weight excluding hydrogens is 492 g/mol. The first-order chi connectivity index (χ1) is 18.2. The summed E-state index contributed by atoms with van der Waals surface area (Å²) in [5.41, 5.74) is 1.63. The van der Waals surface area contributed by atoms with Crippen molar-refractivity contribution in [2.45, 2.75) is 38.6 Å². The molecule has 3 N–H and O–H groups in total. The highest BCUT2D eigenvalue weighted by Gasteiger charge is 2.45. The summed E-state index contributed by atoms with van der Waals surface area (Å²) in [6.45, 7) is 3.91. The number of piperazine rings is 1. The molecule has 1 unspecified atom stereocenters. The van der Waals surface area contributed by atoms with Crippen LogP contribution in [0, 0.1) is 0 Å². The Morgan fingerprint density at radius 1 is 1.16 bits per heavy atom. The number of fused-ring (bicyclic) bond motifs is 5. The Labute approximate surface area is 217 Å². The van der Waals surface area contributed by atoms with Crippen molar-refractivity contribution >= 4 is 22.8 Å². The summed E-state index contributed by atoms with van der Waals surface area (Å²) in [5.74, 6) is -0.912. The first-order valence-electron chi connectivity index (χ1n) is 12.7. The van der Waals surface area contributed by atoms with Crippen LogP contribution in [0.3, 0.4) is 0 Å². The monoisotopic (exact) mass is 520 g/mol. The molecule has 6 rings (SSSR count). The molecule has 1 saturated heterocycles. The van der Waals surface area contributed by atoms with Gasteiger partial charge in [0.1, 0.15) is 19.0 Å². The van der Waals surface area contributed by atoms with Crippen LogP contribution in [0.15, 0.2) is 29.1 Å². The lowest BCUT2D eigenvalue weighted by Crippen LogP contribution is -2.49. The molecule has 3 aromatic rings. The Bertz CT molecular complexity index is 1560. The van der Waals surface area contributed by atoms with Gasteiger partial charge < -0.3 is 29.5 Å². The summed E-state index contributed by atoms with van der Waals surface area (Å²) in [7, 11) is 0. The maximum atomic E-state index is 13.4. The molecule has 1 aromatic carbocycles. The number of nitrogens with zero attached hydrogens (tertiary/aromatic N) is 4. The van der Waals surface area contributed by atoms with Gasteiger partial charge in [0.15, 0.2) is 5.60 Å². The van der Waals surface area contributed by atoms with Crippen LogP contribution in [0.2, 0.25) is 0 Å². The number of aromatic nitrogens is 2. The van der Waals surface area contributed by atoms with Crippen molar-refractivity contribution in [3.8, 4) is 17.1 Å². The van der Waals surface area contributed by atoms with E-state index in [1.165, 1.54) is 0 Å². The molecule has 0 spiro atoms. The fourth-order valence-corrected chi connectivity index (χ4v) is 5.74. The maximum Gasteiger partial charge on any atom is 0.343 e. The Morgan fingerprint density at radius 2 is 1.92 bits per heavy atom. The van der Waals surface area contributed by atoms with Gasteiger partial charge >= 0.3 is 5.97 Å². The molecule has 11 nitrogen and oxygen atoms in total. The van der Waals surface area contributed by atoms with Crippen LogP contribution in [-0.2, 0) is 39.6 Å². The zero-order chi connectivity index (χ0) is 26.8. The molecule has 5 heterocycles. The molecule has 0 bridgehead atoms. The highest BCUT2D eigenvalue weighted by atomic mass is 16.6. The minimum atomic E-state index is -1.88. The predicted octanol–water partition coefficient (Wildman–Crippen LogP) is 0.422. The van der Waals surface area contributed by atoms with Gasteiger partial charge in [0, 0.05) is 54.8 Å². The first-order valence-corrected chi connectivity index (χ1v) is 12.7. The molecule has 11 heteroatoms. The number of ether oxygens (including phenoxy) is 1. The van der Waals surface area contributed by atoms with Crippen molar-refractivity contribution in [3.63, 3.8) is 0 Å². The van der Waals surface area contributed by atoms with Gasteiger partial charge in [-0.1, -0.05) is 6.92 Å². The number of cyclic esters (lactones) is 1. The second-order valence-corrected chi connectivity index (χ2v) is 10.0. The van der Waals surface area contributed by atoms with E-state index in [1.54, 1.807) is 34.6 Å². The van der Waals surface area contributed by atoms with Crippen LogP contribution >= 0.6 is 0 Å². The minimum absolute atomic E-state index is 0.0742. The van der Waals surface area contributed by atoms with Gasteiger partial charge in [0.2, 0.25) is 5.91 Å². The largest absolute Gasteiger partial charge is 0.508 e. The number of aromatic hydroxyl groups is 1. The third-order valence-electron chi connectivity index (χ3n) is 8.02. The molecule has 3 aliphatic rings. The number of pyridine rings is 2. The van der Waals surface area contributed by atoms with Crippen LogP contribution in [-0.4, -0.2) is 79.3 Å². The standard InChI is InChI=1S/C27H28N4O7/c1-2-27(37)19-10-21-24-15(11-31(21)25(35)18(19)14-38-26(27)36)9-16-17(22(33)4-3-20(16)28-24)12-29-5-7-30(8-6-29)23(34)13-32/h3-4,9-10,32-33,37H,2,5-8,11-14H2,1H3. The van der Waals surface area contributed by atoms with Gasteiger partial charge in [0.05, 0.1) is 29.0 Å². The fraction of sp³-hybridized carbons (Fsp3) is 0.407. The van der Waals surface area contributed by atoms with Crippen molar-refractivity contribution in [1.29, 1.82) is 0 Å². The van der Waals surface area contributed by atoms with Gasteiger partial charge in [-0.3, -0.25) is 14.5 Å². The van der Waals surface area contributed by atoms with E-state index in [-0.39, 0.29) is 47.9 Å². The lowest BCUT2D eigenvalue weighted by atomic mass is 9.86. The number of hydrogen-bond acceptors (Lipinski definition) is 9. The number of aliphatic hydroxyl groups is 2. The Morgan fingerprint density at radius 3 is 2.63 bits per heavy atom. The van der Waals surface area contributed by atoms with Crippen LogP contribution < -0.4 is 5.56 Å². The normalized spacial score (nSPS) is 20.7. The van der Waals surface area contributed by atoms with Crippen molar-refractivity contribution in [2.24, 2.45) is 0 Å². The smallest absolute Gasteiger partial charge is 0.343 e. The third-order valence-corrected chi connectivity index (χ3v) is 8.02. The predicted molar refractivity (Wildman–Crippen MR) is 135 cm³/mol. The lowest BCUT2D eigenvalue weighted by molar-refractivity contribution is -0.172. The van der Waals surface area contributed by atoms with Crippen LogP contribution in [0.1, 0.15) is 35.6 Å². The van der Waals surface area contributed by atoms with E-state index < -0.39 is 18.2 Å². The second kappa shape index (κ2) is 8.90.